The summed E-state index contributed by atoms with van der Waals surface area (Å²) < 4.78 is 0. The molecule has 0 fully saturated rings. The van der Waals surface area contributed by atoms with Crippen LogP contribution >= 0.6 is 11.3 Å². The molecule has 0 unspecified atom stereocenters. The summed E-state index contributed by atoms with van der Waals surface area (Å²) >= 11 is 1.87. The second-order valence-corrected chi connectivity index (χ2v) is 8.85. The van der Waals surface area contributed by atoms with Gasteiger partial charge < -0.3 is 9.80 Å². The third-order valence-corrected chi connectivity index (χ3v) is 7.30. The third-order valence-electron chi connectivity index (χ3n) is 6.17. The maximum atomic E-state index is 2.41. The highest BCUT2D eigenvalue weighted by molar-refractivity contribution is 7.14. The smallest absolute Gasteiger partial charge is 0.0426 e. The average Bonchev–Trinajstić information content (AvgIpc) is 3.11. The molecule has 0 bridgehead atoms. The lowest BCUT2D eigenvalue weighted by molar-refractivity contribution is 0.865. The Morgan fingerprint density at radius 2 is 1.10 bits per heavy atom. The van der Waals surface area contributed by atoms with E-state index in [0.717, 1.165) is 26.2 Å². The van der Waals surface area contributed by atoms with E-state index in [1.54, 1.807) is 0 Å². The molecule has 0 atom stereocenters. The molecule has 0 aliphatic carbocycles. The molecule has 1 heterocycles. The van der Waals surface area contributed by atoms with Crippen molar-refractivity contribution < 1.29 is 0 Å². The van der Waals surface area contributed by atoms with Crippen LogP contribution in [-0.2, 0) is 0 Å². The first-order chi connectivity index (χ1) is 14.4. The van der Waals surface area contributed by atoms with Crippen LogP contribution in [0.4, 0.5) is 11.4 Å². The fourth-order valence-electron chi connectivity index (χ4n) is 4.38. The van der Waals surface area contributed by atoms with Crippen LogP contribution < -0.4 is 9.80 Å². The Morgan fingerprint density at radius 1 is 0.633 bits per heavy atom. The lowest BCUT2D eigenvalue weighted by Crippen LogP contribution is -2.21. The number of thiophene rings is 1. The molecule has 2 nitrogen and oxygen atoms in total. The minimum atomic E-state index is 1.04. The van der Waals surface area contributed by atoms with Crippen molar-refractivity contribution in [3.8, 4) is 21.6 Å². The molecule has 0 spiro atoms. The monoisotopic (exact) mass is 420 g/mol. The largest absolute Gasteiger partial charge is 0.372 e. The average molecular weight is 421 g/mol. The van der Waals surface area contributed by atoms with E-state index in [4.69, 9.17) is 0 Å². The van der Waals surface area contributed by atoms with Crippen molar-refractivity contribution in [2.45, 2.75) is 48.5 Å². The van der Waals surface area contributed by atoms with Crippen molar-refractivity contribution in [1.29, 1.82) is 0 Å². The van der Waals surface area contributed by atoms with Crippen LogP contribution in [0.3, 0.4) is 0 Å². The van der Waals surface area contributed by atoms with Gasteiger partial charge in [-0.05, 0) is 106 Å². The van der Waals surface area contributed by atoms with Gasteiger partial charge >= 0.3 is 0 Å². The molecule has 3 aromatic rings. The van der Waals surface area contributed by atoms with Crippen LogP contribution in [0.25, 0.3) is 21.6 Å². The molecule has 0 saturated heterocycles. The van der Waals surface area contributed by atoms with Crippen molar-refractivity contribution in [3.05, 3.63) is 58.5 Å². The van der Waals surface area contributed by atoms with Crippen LogP contribution in [0.5, 0.6) is 0 Å². The fraction of sp³-hybridized carbons (Fsp3) is 0.407. The number of nitrogens with zero attached hydrogens (tertiary/aromatic N) is 2. The van der Waals surface area contributed by atoms with Gasteiger partial charge in [0.25, 0.3) is 0 Å². The van der Waals surface area contributed by atoms with Crippen molar-refractivity contribution in [1.82, 2.24) is 0 Å². The maximum Gasteiger partial charge on any atom is 0.0426 e. The molecular weight excluding hydrogens is 384 g/mol. The predicted octanol–water partition coefficient (Wildman–Crippen LogP) is 7.70. The zero-order valence-corrected chi connectivity index (χ0v) is 20.5. The standard InChI is InChI=1S/C27H36N2S/c1-8-28(9-2)22-12-14-24(19(5)16-22)26-21(7)18-30-27(26)25-15-13-23(17-20(25)6)29(10-3)11-4/h12-18H,8-11H2,1-7H3. The summed E-state index contributed by atoms with van der Waals surface area (Å²) in [6.45, 7) is 19.8. The Labute approximate surface area is 187 Å². The summed E-state index contributed by atoms with van der Waals surface area (Å²) in [5, 5.41) is 2.31. The van der Waals surface area contributed by atoms with Crippen molar-refractivity contribution in [3.63, 3.8) is 0 Å². The molecule has 3 heteroatoms. The van der Waals surface area contributed by atoms with E-state index < -0.39 is 0 Å². The normalized spacial score (nSPS) is 11.0. The van der Waals surface area contributed by atoms with Crippen molar-refractivity contribution >= 4 is 22.7 Å². The van der Waals surface area contributed by atoms with E-state index in [9.17, 15) is 0 Å². The summed E-state index contributed by atoms with van der Waals surface area (Å²) in [4.78, 5) is 6.21. The molecule has 3 rings (SSSR count). The second-order valence-electron chi connectivity index (χ2n) is 7.97. The number of hydrogen-bond donors (Lipinski definition) is 0. The third kappa shape index (κ3) is 4.27. The summed E-state index contributed by atoms with van der Waals surface area (Å²) in [6, 6.07) is 13.9. The number of hydrogen-bond acceptors (Lipinski definition) is 3. The van der Waals surface area contributed by atoms with Gasteiger partial charge in [-0.25, -0.2) is 0 Å². The minimum absolute atomic E-state index is 1.04. The fourth-order valence-corrected chi connectivity index (χ4v) is 5.54. The quantitative estimate of drug-likeness (QED) is 0.368. The number of anilines is 2. The number of benzene rings is 2. The predicted molar refractivity (Wildman–Crippen MR) is 137 cm³/mol. The zero-order chi connectivity index (χ0) is 21.8. The lowest BCUT2D eigenvalue weighted by atomic mass is 9.93. The molecular formula is C27H36N2S. The van der Waals surface area contributed by atoms with E-state index in [1.807, 2.05) is 11.3 Å². The van der Waals surface area contributed by atoms with Gasteiger partial charge in [0.05, 0.1) is 0 Å². The lowest BCUT2D eigenvalue weighted by Gasteiger charge is -2.23. The maximum absolute atomic E-state index is 2.41. The SMILES string of the molecule is CCN(CC)c1ccc(-c2scc(C)c2-c2ccc(N(CC)CC)cc2C)c(C)c1. The van der Waals surface area contributed by atoms with Crippen LogP contribution in [0, 0.1) is 20.8 Å². The Bertz CT molecular complexity index is 994. The number of aryl methyl sites for hydroxylation is 3. The Kier molecular flexibility index (Phi) is 7.25. The van der Waals surface area contributed by atoms with Crippen LogP contribution in [0.15, 0.2) is 41.8 Å². The molecule has 2 aromatic carbocycles. The van der Waals surface area contributed by atoms with Crippen LogP contribution in [0.2, 0.25) is 0 Å². The molecule has 0 radical (unpaired) electrons. The van der Waals surface area contributed by atoms with E-state index in [2.05, 4.69) is 100 Å². The molecule has 0 N–H and O–H groups in total. The van der Waals surface area contributed by atoms with Gasteiger partial charge in [0.1, 0.15) is 0 Å². The van der Waals surface area contributed by atoms with Gasteiger partial charge in [0, 0.05) is 48.0 Å². The number of rotatable bonds is 8. The van der Waals surface area contributed by atoms with Crippen molar-refractivity contribution in [2.24, 2.45) is 0 Å². The molecule has 0 saturated carbocycles. The topological polar surface area (TPSA) is 6.48 Å². The first-order valence-corrected chi connectivity index (χ1v) is 12.1. The van der Waals surface area contributed by atoms with E-state index in [0.29, 0.717) is 0 Å². The summed E-state index contributed by atoms with van der Waals surface area (Å²) in [7, 11) is 0. The zero-order valence-electron chi connectivity index (χ0n) is 19.7. The van der Waals surface area contributed by atoms with Crippen molar-refractivity contribution in [2.75, 3.05) is 36.0 Å². The Balaban J connectivity index is 2.06. The first-order valence-electron chi connectivity index (χ1n) is 11.2. The van der Waals surface area contributed by atoms with Gasteiger partial charge in [-0.3, -0.25) is 0 Å². The van der Waals surface area contributed by atoms with Crippen LogP contribution in [0.1, 0.15) is 44.4 Å². The van der Waals surface area contributed by atoms with Gasteiger partial charge in [0.15, 0.2) is 0 Å². The molecule has 0 aliphatic rings. The van der Waals surface area contributed by atoms with Gasteiger partial charge in [-0.15, -0.1) is 11.3 Å². The van der Waals surface area contributed by atoms with E-state index in [1.165, 1.54) is 49.6 Å². The van der Waals surface area contributed by atoms with Gasteiger partial charge in [-0.1, -0.05) is 12.1 Å². The second kappa shape index (κ2) is 9.70. The Hall–Kier alpha value is -2.26. The van der Waals surface area contributed by atoms with Gasteiger partial charge in [0.2, 0.25) is 0 Å². The molecule has 0 aliphatic heterocycles. The first kappa shape index (κ1) is 22.4. The van der Waals surface area contributed by atoms with Gasteiger partial charge in [-0.2, -0.15) is 0 Å². The highest BCUT2D eigenvalue weighted by atomic mass is 32.1. The summed E-state index contributed by atoms with van der Waals surface area (Å²) in [5.41, 5.74) is 10.8. The van der Waals surface area contributed by atoms with E-state index >= 15 is 0 Å². The minimum Gasteiger partial charge on any atom is -0.372 e. The summed E-state index contributed by atoms with van der Waals surface area (Å²) in [6.07, 6.45) is 0. The van der Waals surface area contributed by atoms with Crippen LogP contribution in [-0.4, -0.2) is 26.2 Å². The molecule has 30 heavy (non-hydrogen) atoms. The highest BCUT2D eigenvalue weighted by Gasteiger charge is 2.17. The highest BCUT2D eigenvalue weighted by Crippen LogP contribution is 2.43. The summed E-state index contributed by atoms with van der Waals surface area (Å²) in [5.74, 6) is 0. The molecule has 0 amide bonds. The Morgan fingerprint density at radius 3 is 1.53 bits per heavy atom. The molecule has 1 aromatic heterocycles. The van der Waals surface area contributed by atoms with E-state index in [-0.39, 0.29) is 0 Å². The molecule has 160 valence electrons.